The van der Waals surface area contributed by atoms with Crippen molar-refractivity contribution >= 4 is 58.8 Å². The Morgan fingerprint density at radius 3 is 2.12 bits per heavy atom. The number of hydrogen-bond donors (Lipinski definition) is 0. The maximum atomic E-state index is 4.59. The molecule has 1 nitrogen and oxygen atoms in total. The Bertz CT molecular complexity index is 61.2. The average molecular weight is 184 g/mol. The molecule has 0 aromatic heterocycles. The quantitative estimate of drug-likeness (QED) is 0.248. The van der Waals surface area contributed by atoms with E-state index >= 15 is 0 Å². The van der Waals surface area contributed by atoms with E-state index in [0.29, 0.717) is 6.61 Å². The molecule has 0 atom stereocenters. The topological polar surface area (TPSA) is 9.23 Å². The van der Waals surface area contributed by atoms with Crippen LogP contribution < -0.4 is 51.4 Å². The van der Waals surface area contributed by atoms with Crippen LogP contribution in [-0.2, 0) is 17.4 Å². The Labute approximate surface area is 125 Å². The summed E-state index contributed by atoms with van der Waals surface area (Å²) in [5.74, 6) is 0. The first kappa shape index (κ1) is 17.0. The molecule has 0 bridgehead atoms. The van der Waals surface area contributed by atoms with Crippen molar-refractivity contribution in [1.29, 1.82) is 0 Å². The maximum absolute atomic E-state index is 4.59. The van der Waals surface area contributed by atoms with Gasteiger partial charge in [0.25, 0.3) is 0 Å². The molecule has 5 heteroatoms. The van der Waals surface area contributed by atoms with Crippen molar-refractivity contribution in [3.05, 3.63) is 0 Å². The SMILES string of the molecule is CCOC(=S)[S-].[K+].[NaH]. The van der Waals surface area contributed by atoms with E-state index in [1.165, 1.54) is 0 Å². The van der Waals surface area contributed by atoms with Crippen molar-refractivity contribution in [3.63, 3.8) is 0 Å². The van der Waals surface area contributed by atoms with Crippen molar-refractivity contribution in [2.75, 3.05) is 6.61 Å². The first-order chi connectivity index (χ1) is 2.77. The van der Waals surface area contributed by atoms with Crippen LogP contribution in [0.25, 0.3) is 0 Å². The van der Waals surface area contributed by atoms with Crippen LogP contribution in [0.5, 0.6) is 0 Å². The van der Waals surface area contributed by atoms with Gasteiger partial charge in [-0.2, -0.15) is 0 Å². The monoisotopic (exact) mass is 184 g/mol. The third-order valence-corrected chi connectivity index (χ3v) is 0.498. The molecule has 0 aliphatic carbocycles. The average Bonchev–Trinajstić information content (AvgIpc) is 1.35. The van der Waals surface area contributed by atoms with Crippen molar-refractivity contribution in [2.24, 2.45) is 0 Å². The van der Waals surface area contributed by atoms with E-state index in [1.807, 2.05) is 6.92 Å². The molecule has 0 aromatic carbocycles. The third kappa shape index (κ3) is 15.9. The fourth-order valence-corrected chi connectivity index (χ4v) is 0.354. The third-order valence-electron chi connectivity index (χ3n) is 0.262. The van der Waals surface area contributed by atoms with E-state index in [1.54, 1.807) is 0 Å². The van der Waals surface area contributed by atoms with Crippen LogP contribution in [0.3, 0.4) is 0 Å². The molecule has 0 saturated heterocycles. The minimum atomic E-state index is 0. The Kier molecular flexibility index (Phi) is 26.4. The molecule has 8 heavy (non-hydrogen) atoms. The van der Waals surface area contributed by atoms with Crippen molar-refractivity contribution in [1.82, 2.24) is 0 Å². The standard InChI is InChI=1S/C3H6OS2.K.Na.H/c1-2-4-3(5)6;;;/h2H2,1H3,(H,5,6);;;/q;+1;;/p-1. The molecule has 0 N–H and O–H groups in total. The summed E-state index contributed by atoms with van der Waals surface area (Å²) in [5.41, 5.74) is 0. The first-order valence-corrected chi connectivity index (χ1v) is 2.42. The number of ether oxygens (including phenoxy) is 1. The van der Waals surface area contributed by atoms with E-state index < -0.39 is 0 Å². The van der Waals surface area contributed by atoms with Crippen LogP contribution in [0.4, 0.5) is 0 Å². The zero-order valence-corrected chi connectivity index (χ0v) is 9.19. The molecule has 0 amide bonds. The molecule has 0 rings (SSSR count). The zero-order chi connectivity index (χ0) is 4.99. The van der Waals surface area contributed by atoms with Crippen LogP contribution in [0.2, 0.25) is 0 Å². The second-order valence-electron chi connectivity index (χ2n) is 0.683. The van der Waals surface area contributed by atoms with Gasteiger partial charge in [-0.1, -0.05) is 0 Å². The van der Waals surface area contributed by atoms with Crippen molar-refractivity contribution in [3.8, 4) is 0 Å². The van der Waals surface area contributed by atoms with Gasteiger partial charge in [-0.25, -0.2) is 0 Å². The van der Waals surface area contributed by atoms with Crippen LogP contribution >= 0.6 is 12.2 Å². The van der Waals surface area contributed by atoms with Gasteiger partial charge in [-0.3, -0.25) is 0 Å². The molecule has 0 heterocycles. The predicted molar refractivity (Wildman–Crippen MR) is 38.7 cm³/mol. The second kappa shape index (κ2) is 12.4. The summed E-state index contributed by atoms with van der Waals surface area (Å²) in [6, 6.07) is 0. The number of rotatable bonds is 1. The van der Waals surface area contributed by atoms with Crippen LogP contribution in [0.15, 0.2) is 0 Å². The van der Waals surface area contributed by atoms with Gasteiger partial charge in [-0.15, -0.1) is 0 Å². The van der Waals surface area contributed by atoms with Gasteiger partial charge in [0.05, 0.1) is 6.61 Å². The molecule has 0 aliphatic rings. The van der Waals surface area contributed by atoms with Crippen LogP contribution in [0.1, 0.15) is 6.92 Å². The fourth-order valence-electron chi connectivity index (χ4n) is 0.118. The van der Waals surface area contributed by atoms with E-state index in [2.05, 4.69) is 29.6 Å². The van der Waals surface area contributed by atoms with Crippen LogP contribution in [0, 0.1) is 0 Å². The van der Waals surface area contributed by atoms with Gasteiger partial charge >= 0.3 is 80.9 Å². The molecular formula is C3H6KNaOS2. The Hall–Kier alpha value is 2.75. The first-order valence-electron chi connectivity index (χ1n) is 1.61. The summed E-state index contributed by atoms with van der Waals surface area (Å²) in [6.07, 6.45) is 0. The Morgan fingerprint density at radius 2 is 2.12 bits per heavy atom. The molecule has 0 aromatic rings. The number of hydrogen-bond acceptors (Lipinski definition) is 3. The summed E-state index contributed by atoms with van der Waals surface area (Å²) in [5, 5.41) is 0. The van der Waals surface area contributed by atoms with E-state index in [4.69, 9.17) is 0 Å². The fraction of sp³-hybridized carbons (Fsp3) is 0.667. The predicted octanol–water partition coefficient (Wildman–Crippen LogP) is -2.79. The van der Waals surface area contributed by atoms with Crippen molar-refractivity contribution < 1.29 is 56.1 Å². The minimum absolute atomic E-state index is 0. The van der Waals surface area contributed by atoms with Gasteiger partial charge in [0.2, 0.25) is 0 Å². The summed E-state index contributed by atoms with van der Waals surface area (Å²) in [6.45, 7) is 2.43. The molecule has 0 aliphatic heterocycles. The normalized spacial score (nSPS) is 5.62. The molecule has 0 saturated carbocycles. The van der Waals surface area contributed by atoms with Gasteiger partial charge in [-0.05, 0) is 6.92 Å². The number of thiocarbonyl (C=S) groups is 1. The van der Waals surface area contributed by atoms with E-state index in [9.17, 15) is 0 Å². The van der Waals surface area contributed by atoms with Gasteiger partial charge in [0.15, 0.2) is 0 Å². The molecule has 0 unspecified atom stereocenters. The van der Waals surface area contributed by atoms with E-state index in [-0.39, 0.29) is 85.3 Å². The Morgan fingerprint density at radius 1 is 1.75 bits per heavy atom. The molecule has 0 spiro atoms. The summed E-state index contributed by atoms with van der Waals surface area (Å²) in [4.78, 5) is 0. The molecule has 0 radical (unpaired) electrons. The molecular weight excluding hydrogens is 178 g/mol. The molecule has 0 fully saturated rings. The van der Waals surface area contributed by atoms with E-state index in [0.717, 1.165) is 0 Å². The Balaban J connectivity index is -0.000000125. The zero-order valence-electron chi connectivity index (χ0n) is 4.43. The van der Waals surface area contributed by atoms with Gasteiger partial charge in [0.1, 0.15) is 0 Å². The van der Waals surface area contributed by atoms with Crippen LogP contribution in [-0.4, -0.2) is 40.5 Å². The summed E-state index contributed by atoms with van der Waals surface area (Å²) in [7, 11) is 0. The summed E-state index contributed by atoms with van der Waals surface area (Å²) < 4.78 is 4.79. The molecule has 38 valence electrons. The van der Waals surface area contributed by atoms with Crippen molar-refractivity contribution in [2.45, 2.75) is 6.92 Å². The second-order valence-corrected chi connectivity index (χ2v) is 1.68. The van der Waals surface area contributed by atoms with Gasteiger partial charge in [0, 0.05) is 4.38 Å². The summed E-state index contributed by atoms with van der Waals surface area (Å²) >= 11 is 8.77. The van der Waals surface area contributed by atoms with Gasteiger partial charge < -0.3 is 29.6 Å².